The molecule has 4 rings (SSSR count). The Hall–Kier alpha value is -3.96. The van der Waals surface area contributed by atoms with Gasteiger partial charge >= 0.3 is 0 Å². The van der Waals surface area contributed by atoms with Crippen LogP contribution in [-0.2, 0) is 16.1 Å². The van der Waals surface area contributed by atoms with Crippen LogP contribution in [0.5, 0.6) is 5.75 Å². The number of amides is 3. The predicted molar refractivity (Wildman–Crippen MR) is 130 cm³/mol. The van der Waals surface area contributed by atoms with Crippen molar-refractivity contribution in [3.05, 3.63) is 65.2 Å². The maximum Gasteiger partial charge on any atom is 0.294 e. The minimum Gasteiger partial charge on any atom is -0.494 e. The maximum absolute atomic E-state index is 12.9. The number of ether oxygens (including phenoxy) is 1. The van der Waals surface area contributed by atoms with E-state index >= 15 is 0 Å². The lowest BCUT2D eigenvalue weighted by molar-refractivity contribution is -0.127. The van der Waals surface area contributed by atoms with E-state index in [0.29, 0.717) is 24.6 Å². The summed E-state index contributed by atoms with van der Waals surface area (Å²) in [6.45, 7) is 2.45. The largest absolute Gasteiger partial charge is 0.494 e. The van der Waals surface area contributed by atoms with Crippen molar-refractivity contribution in [3.8, 4) is 18.1 Å². The molecule has 3 amide bonds. The number of hydrogen-bond acceptors (Lipinski definition) is 5. The zero-order valence-electron chi connectivity index (χ0n) is 17.9. The topological polar surface area (TPSA) is 80.6 Å². The van der Waals surface area contributed by atoms with E-state index in [0.717, 1.165) is 33.1 Å². The van der Waals surface area contributed by atoms with Gasteiger partial charge in [-0.3, -0.25) is 19.3 Å². The molecule has 3 aromatic rings. The number of carbonyl (C=O) groups is 3. The summed E-state index contributed by atoms with van der Waals surface area (Å²) < 4.78 is 7.29. The lowest BCUT2D eigenvalue weighted by Gasteiger charge is -2.12. The zero-order valence-corrected chi connectivity index (χ0v) is 18.7. The Morgan fingerprint density at radius 2 is 1.94 bits per heavy atom. The second kappa shape index (κ2) is 9.67. The van der Waals surface area contributed by atoms with E-state index in [-0.39, 0.29) is 11.4 Å². The summed E-state index contributed by atoms with van der Waals surface area (Å²) in [6.07, 6.45) is 8.99. The summed E-state index contributed by atoms with van der Waals surface area (Å²) in [5.41, 5.74) is 2.27. The normalized spacial score (nSPS) is 14.7. The Bertz CT molecular complexity index is 1300. The lowest BCUT2D eigenvalue weighted by atomic mass is 10.1. The highest BCUT2D eigenvalue weighted by Crippen LogP contribution is 2.34. The first-order valence-corrected chi connectivity index (χ1v) is 11.1. The summed E-state index contributed by atoms with van der Waals surface area (Å²) in [4.78, 5) is 39.0. The van der Waals surface area contributed by atoms with E-state index in [1.807, 2.05) is 42.0 Å². The fraction of sp³-hybridized carbons (Fsp3) is 0.160. The van der Waals surface area contributed by atoms with Crippen LogP contribution in [0.25, 0.3) is 17.0 Å². The fourth-order valence-electron chi connectivity index (χ4n) is 3.54. The van der Waals surface area contributed by atoms with Crippen LogP contribution in [0.15, 0.2) is 59.6 Å². The standard InChI is InChI=1S/C25H21N3O4S/c1-3-13-27-15-17(20-7-5-6-8-21(20)27)14-22-24(30)28(25(31)33-22)16-23(29)26-18-9-11-19(12-10-18)32-4-2/h1,5-12,14-15H,4,13,16H2,2H3,(H,26,29)/b22-14+. The van der Waals surface area contributed by atoms with Crippen molar-refractivity contribution in [1.82, 2.24) is 9.47 Å². The minimum absolute atomic E-state index is 0.262. The molecule has 1 aliphatic rings. The predicted octanol–water partition coefficient (Wildman–Crippen LogP) is 4.35. The third-order valence-corrected chi connectivity index (χ3v) is 5.90. The van der Waals surface area contributed by atoms with Crippen molar-refractivity contribution >= 4 is 51.5 Å². The van der Waals surface area contributed by atoms with Gasteiger partial charge in [0.05, 0.1) is 18.1 Å². The van der Waals surface area contributed by atoms with Crippen molar-refractivity contribution < 1.29 is 19.1 Å². The number of aromatic nitrogens is 1. The molecule has 0 radical (unpaired) electrons. The highest BCUT2D eigenvalue weighted by atomic mass is 32.2. The molecule has 1 fully saturated rings. The number of imide groups is 1. The quantitative estimate of drug-likeness (QED) is 0.420. The molecule has 0 unspecified atom stereocenters. The van der Waals surface area contributed by atoms with Gasteiger partial charge in [-0.1, -0.05) is 24.1 Å². The smallest absolute Gasteiger partial charge is 0.294 e. The third kappa shape index (κ3) is 4.78. The molecule has 33 heavy (non-hydrogen) atoms. The van der Waals surface area contributed by atoms with Gasteiger partial charge in [-0.2, -0.15) is 0 Å². The van der Waals surface area contributed by atoms with Crippen LogP contribution < -0.4 is 10.1 Å². The van der Waals surface area contributed by atoms with Gasteiger partial charge in [0.25, 0.3) is 11.1 Å². The number of fused-ring (bicyclic) bond motifs is 1. The van der Waals surface area contributed by atoms with E-state index in [1.54, 1.807) is 30.3 Å². The molecular weight excluding hydrogens is 438 g/mol. The third-order valence-electron chi connectivity index (χ3n) is 4.99. The van der Waals surface area contributed by atoms with Crippen LogP contribution in [0.2, 0.25) is 0 Å². The summed E-state index contributed by atoms with van der Waals surface area (Å²) in [6, 6.07) is 14.6. The van der Waals surface area contributed by atoms with E-state index in [2.05, 4.69) is 11.2 Å². The highest BCUT2D eigenvalue weighted by molar-refractivity contribution is 8.18. The number of nitrogens with one attached hydrogen (secondary N) is 1. The Morgan fingerprint density at radius 3 is 2.67 bits per heavy atom. The monoisotopic (exact) mass is 459 g/mol. The number of benzene rings is 2. The number of carbonyl (C=O) groups excluding carboxylic acids is 3. The molecule has 2 heterocycles. The molecule has 1 N–H and O–H groups in total. The molecule has 0 bridgehead atoms. The Labute approximate surface area is 195 Å². The maximum atomic E-state index is 12.9. The molecule has 0 saturated carbocycles. The number of thioether (sulfide) groups is 1. The first-order chi connectivity index (χ1) is 16.0. The molecule has 0 atom stereocenters. The van der Waals surface area contributed by atoms with Crippen molar-refractivity contribution in [1.29, 1.82) is 0 Å². The molecule has 1 saturated heterocycles. The molecule has 2 aromatic carbocycles. The van der Waals surface area contributed by atoms with Gasteiger partial charge in [0.15, 0.2) is 0 Å². The average Bonchev–Trinajstić information content (AvgIpc) is 3.28. The summed E-state index contributed by atoms with van der Waals surface area (Å²) in [5, 5.41) is 3.13. The fourth-order valence-corrected chi connectivity index (χ4v) is 4.37. The van der Waals surface area contributed by atoms with Crippen LogP contribution in [0.4, 0.5) is 10.5 Å². The SMILES string of the molecule is C#CCn1cc(/C=C2/SC(=O)N(CC(=O)Nc3ccc(OCC)cc3)C2=O)c2ccccc21. The van der Waals surface area contributed by atoms with Gasteiger partial charge < -0.3 is 14.6 Å². The number of anilines is 1. The van der Waals surface area contributed by atoms with Gasteiger partial charge in [0.2, 0.25) is 5.91 Å². The molecule has 7 nitrogen and oxygen atoms in total. The first kappa shape index (κ1) is 22.2. The van der Waals surface area contributed by atoms with Crippen LogP contribution in [0.3, 0.4) is 0 Å². The van der Waals surface area contributed by atoms with Gasteiger partial charge in [0, 0.05) is 28.4 Å². The molecule has 0 spiro atoms. The number of hydrogen-bond donors (Lipinski definition) is 1. The Morgan fingerprint density at radius 1 is 1.18 bits per heavy atom. The number of nitrogens with zero attached hydrogens (tertiary/aromatic N) is 2. The lowest BCUT2D eigenvalue weighted by Crippen LogP contribution is -2.36. The summed E-state index contributed by atoms with van der Waals surface area (Å²) in [7, 11) is 0. The second-order valence-corrected chi connectivity index (χ2v) is 8.20. The molecule has 166 valence electrons. The summed E-state index contributed by atoms with van der Waals surface area (Å²) >= 11 is 0.816. The number of para-hydroxylation sites is 1. The number of terminal acetylenes is 1. The molecule has 8 heteroatoms. The van der Waals surface area contributed by atoms with Gasteiger partial charge in [0.1, 0.15) is 12.3 Å². The van der Waals surface area contributed by atoms with Crippen LogP contribution in [0.1, 0.15) is 12.5 Å². The van der Waals surface area contributed by atoms with Gasteiger partial charge in [-0.25, -0.2) is 0 Å². The molecule has 1 aliphatic heterocycles. The van der Waals surface area contributed by atoms with Gasteiger partial charge in [-0.05, 0) is 55.1 Å². The highest BCUT2D eigenvalue weighted by Gasteiger charge is 2.36. The average molecular weight is 460 g/mol. The van der Waals surface area contributed by atoms with Crippen molar-refractivity contribution in [2.45, 2.75) is 13.5 Å². The number of rotatable bonds is 7. The molecular formula is C25H21N3O4S. The second-order valence-electron chi connectivity index (χ2n) is 7.21. The van der Waals surface area contributed by atoms with E-state index in [4.69, 9.17) is 11.2 Å². The van der Waals surface area contributed by atoms with Crippen LogP contribution >= 0.6 is 11.8 Å². The Kier molecular flexibility index (Phi) is 6.52. The van der Waals surface area contributed by atoms with E-state index < -0.39 is 17.1 Å². The van der Waals surface area contributed by atoms with Crippen LogP contribution in [0, 0.1) is 12.3 Å². The van der Waals surface area contributed by atoms with Gasteiger partial charge in [-0.15, -0.1) is 6.42 Å². The Balaban J connectivity index is 1.49. The van der Waals surface area contributed by atoms with E-state index in [9.17, 15) is 14.4 Å². The summed E-state index contributed by atoms with van der Waals surface area (Å²) in [5.74, 6) is 2.34. The van der Waals surface area contributed by atoms with Crippen molar-refractivity contribution in [2.24, 2.45) is 0 Å². The van der Waals surface area contributed by atoms with Crippen molar-refractivity contribution in [2.75, 3.05) is 18.5 Å². The van der Waals surface area contributed by atoms with Crippen molar-refractivity contribution in [3.63, 3.8) is 0 Å². The minimum atomic E-state index is -0.499. The zero-order chi connectivity index (χ0) is 23.4. The van der Waals surface area contributed by atoms with Crippen LogP contribution in [-0.4, -0.2) is 39.7 Å². The molecule has 0 aliphatic carbocycles. The first-order valence-electron chi connectivity index (χ1n) is 10.3. The van der Waals surface area contributed by atoms with E-state index in [1.165, 1.54) is 0 Å². The molecule has 1 aromatic heterocycles.